The van der Waals surface area contributed by atoms with E-state index in [4.69, 9.17) is 4.98 Å². The summed E-state index contributed by atoms with van der Waals surface area (Å²) in [5.74, 6) is -0.183. The van der Waals surface area contributed by atoms with Crippen LogP contribution in [0.5, 0.6) is 5.75 Å². The zero-order valence-electron chi connectivity index (χ0n) is 21.6. The van der Waals surface area contributed by atoms with Gasteiger partial charge in [0.15, 0.2) is 0 Å². The van der Waals surface area contributed by atoms with E-state index in [-0.39, 0.29) is 18.2 Å². The van der Waals surface area contributed by atoms with E-state index in [1.807, 2.05) is 24.3 Å². The summed E-state index contributed by atoms with van der Waals surface area (Å²) in [5, 5.41) is 38.3. The fourth-order valence-corrected chi connectivity index (χ4v) is 5.91. The van der Waals surface area contributed by atoms with E-state index in [9.17, 15) is 28.5 Å². The van der Waals surface area contributed by atoms with E-state index in [0.717, 1.165) is 10.2 Å². The van der Waals surface area contributed by atoms with Crippen LogP contribution in [-0.4, -0.2) is 61.0 Å². The summed E-state index contributed by atoms with van der Waals surface area (Å²) in [4.78, 5) is 14.0. The van der Waals surface area contributed by atoms with Gasteiger partial charge in [0.1, 0.15) is 22.7 Å². The predicted molar refractivity (Wildman–Crippen MR) is 145 cm³/mol. The Labute approximate surface area is 231 Å². The number of benzene rings is 2. The van der Waals surface area contributed by atoms with Gasteiger partial charge in [0.05, 0.1) is 39.7 Å². The number of ether oxygens (including phenoxy) is 1. The van der Waals surface area contributed by atoms with Crippen LogP contribution in [-0.2, 0) is 6.54 Å². The van der Waals surface area contributed by atoms with Gasteiger partial charge in [-0.05, 0) is 50.1 Å². The molecular weight excluding hydrogens is 547 g/mol. The fourth-order valence-electron chi connectivity index (χ4n) is 4.85. The van der Waals surface area contributed by atoms with Crippen molar-refractivity contribution >= 4 is 33.3 Å². The zero-order chi connectivity index (χ0) is 28.6. The Balaban J connectivity index is 1.43. The summed E-state index contributed by atoms with van der Waals surface area (Å²) in [7, 11) is 0. The molecule has 2 heterocycles. The number of fused-ring (bicyclic) bond motifs is 1. The van der Waals surface area contributed by atoms with Gasteiger partial charge < -0.3 is 30.7 Å². The molecule has 4 aromatic rings. The van der Waals surface area contributed by atoms with Crippen molar-refractivity contribution in [2.75, 3.05) is 10.6 Å². The molecule has 2 aromatic heterocycles. The van der Waals surface area contributed by atoms with E-state index in [0.29, 0.717) is 34.1 Å². The van der Waals surface area contributed by atoms with Gasteiger partial charge in [-0.25, -0.2) is 9.97 Å². The highest BCUT2D eigenvalue weighted by molar-refractivity contribution is 7.21. The van der Waals surface area contributed by atoms with Gasteiger partial charge in [-0.2, -0.15) is 4.98 Å². The topological polar surface area (TPSA) is 133 Å². The number of rotatable bonds is 8. The minimum atomic E-state index is -4.77. The summed E-state index contributed by atoms with van der Waals surface area (Å²) in [6, 6.07) is 12.6. The molecule has 1 aliphatic rings. The molecule has 13 heteroatoms. The van der Waals surface area contributed by atoms with Crippen molar-refractivity contribution in [3.63, 3.8) is 0 Å². The highest BCUT2D eigenvalue weighted by Crippen LogP contribution is 2.38. The van der Waals surface area contributed by atoms with Gasteiger partial charge in [-0.1, -0.05) is 24.3 Å². The molecular formula is C27H28F3N5O4S. The quantitative estimate of drug-likeness (QED) is 0.206. The minimum absolute atomic E-state index is 0.223. The van der Waals surface area contributed by atoms with Crippen molar-refractivity contribution < 1.29 is 33.2 Å². The monoisotopic (exact) mass is 575 g/mol. The second kappa shape index (κ2) is 11.2. The highest BCUT2D eigenvalue weighted by Gasteiger charge is 2.44. The fraction of sp³-hybridized carbons (Fsp3) is 0.370. The van der Waals surface area contributed by atoms with Crippen LogP contribution >= 0.6 is 11.3 Å². The molecule has 5 rings (SSSR count). The molecule has 0 bridgehead atoms. The smallest absolute Gasteiger partial charge is 0.406 e. The average Bonchev–Trinajstić information content (AvgIpc) is 3.43. The number of nitrogens with one attached hydrogen (secondary N) is 2. The summed E-state index contributed by atoms with van der Waals surface area (Å²) in [5.41, 5.74) is 2.74. The Morgan fingerprint density at radius 2 is 1.77 bits per heavy atom. The van der Waals surface area contributed by atoms with Crippen molar-refractivity contribution in [3.8, 4) is 16.3 Å². The molecule has 5 atom stereocenters. The molecule has 1 fully saturated rings. The zero-order valence-corrected chi connectivity index (χ0v) is 22.4. The third-order valence-corrected chi connectivity index (χ3v) is 7.93. The summed E-state index contributed by atoms with van der Waals surface area (Å²) < 4.78 is 42.3. The van der Waals surface area contributed by atoms with Gasteiger partial charge >= 0.3 is 6.36 Å². The first-order chi connectivity index (χ1) is 19.0. The lowest BCUT2D eigenvalue weighted by Crippen LogP contribution is -2.36. The van der Waals surface area contributed by atoms with Crippen molar-refractivity contribution in [1.82, 2.24) is 15.0 Å². The van der Waals surface area contributed by atoms with E-state index < -0.39 is 36.6 Å². The van der Waals surface area contributed by atoms with Crippen LogP contribution in [0, 0.1) is 12.8 Å². The number of thiazole rings is 1. The number of aromatic nitrogens is 3. The van der Waals surface area contributed by atoms with Crippen molar-refractivity contribution in [3.05, 3.63) is 59.8 Å². The number of aryl methyl sites for hydroxylation is 1. The maximum Gasteiger partial charge on any atom is 0.573 e. The van der Waals surface area contributed by atoms with Crippen LogP contribution in [0.1, 0.15) is 24.6 Å². The standard InChI is InChI=1S/C27H28F3N5O4S/c1-13-21(25-34-18-5-3-4-6-20(18)40-25)24(33-19-11-17(14(2)36)22(37)23(19)38)35-26(32-13)31-12-15-7-9-16(10-8-15)39-27(28,29)30/h3-10,14,17,19,22-23,36-38H,11-12H2,1-2H3,(H2,31,32,33,35)/t14?,17?,19-,22-,23+/m1/s1. The van der Waals surface area contributed by atoms with Gasteiger partial charge in [-0.3, -0.25) is 0 Å². The summed E-state index contributed by atoms with van der Waals surface area (Å²) in [6.45, 7) is 3.61. The predicted octanol–water partition coefficient (Wildman–Crippen LogP) is 4.48. The van der Waals surface area contributed by atoms with Crippen LogP contribution < -0.4 is 15.4 Å². The van der Waals surface area contributed by atoms with Crippen LogP contribution in [0.2, 0.25) is 0 Å². The average molecular weight is 576 g/mol. The SMILES string of the molecule is Cc1nc(NCc2ccc(OC(F)(F)F)cc2)nc(N[C@@H]2CC(C(C)O)[C@@H](O)[C@H]2O)c1-c1nc2ccccc2s1. The molecule has 40 heavy (non-hydrogen) atoms. The second-order valence-electron chi connectivity index (χ2n) is 9.76. The molecule has 1 aliphatic carbocycles. The number of alkyl halides is 3. The Kier molecular flexibility index (Phi) is 7.82. The summed E-state index contributed by atoms with van der Waals surface area (Å²) in [6.07, 6.45) is -7.49. The Morgan fingerprint density at radius 1 is 1.05 bits per heavy atom. The van der Waals surface area contributed by atoms with E-state index in [2.05, 4.69) is 25.3 Å². The third-order valence-electron chi connectivity index (χ3n) is 6.87. The number of hydrogen-bond acceptors (Lipinski definition) is 10. The molecule has 0 spiro atoms. The largest absolute Gasteiger partial charge is 0.573 e. The van der Waals surface area contributed by atoms with E-state index in [1.165, 1.54) is 35.6 Å². The molecule has 0 saturated heterocycles. The normalized spacial score (nSPS) is 21.9. The first-order valence-corrected chi connectivity index (χ1v) is 13.4. The minimum Gasteiger partial charge on any atom is -0.406 e. The van der Waals surface area contributed by atoms with Crippen molar-refractivity contribution in [2.24, 2.45) is 5.92 Å². The molecule has 2 unspecified atom stereocenters. The molecule has 5 N–H and O–H groups in total. The first-order valence-electron chi connectivity index (χ1n) is 12.6. The number of aliphatic hydroxyl groups excluding tert-OH is 3. The van der Waals surface area contributed by atoms with E-state index in [1.54, 1.807) is 13.8 Å². The molecule has 0 radical (unpaired) electrons. The molecule has 1 saturated carbocycles. The maximum absolute atomic E-state index is 12.5. The van der Waals surface area contributed by atoms with Gasteiger partial charge in [-0.15, -0.1) is 24.5 Å². The number of hydrogen-bond donors (Lipinski definition) is 5. The highest BCUT2D eigenvalue weighted by atomic mass is 32.1. The third kappa shape index (κ3) is 6.12. The number of nitrogens with zero attached hydrogens (tertiary/aromatic N) is 3. The van der Waals surface area contributed by atoms with Crippen LogP contribution in [0.25, 0.3) is 20.8 Å². The molecule has 0 aliphatic heterocycles. The summed E-state index contributed by atoms with van der Waals surface area (Å²) >= 11 is 1.47. The van der Waals surface area contributed by atoms with Gasteiger partial charge in [0.2, 0.25) is 5.95 Å². The second-order valence-corrected chi connectivity index (χ2v) is 10.8. The molecule has 9 nitrogen and oxygen atoms in total. The number of halogens is 3. The van der Waals surface area contributed by atoms with Gasteiger partial charge in [0.25, 0.3) is 0 Å². The Hall–Kier alpha value is -3.52. The van der Waals surface area contributed by atoms with Crippen LogP contribution in [0.3, 0.4) is 0 Å². The van der Waals surface area contributed by atoms with Crippen molar-refractivity contribution in [1.29, 1.82) is 0 Å². The lowest BCUT2D eigenvalue weighted by molar-refractivity contribution is -0.274. The number of para-hydroxylation sites is 1. The lowest BCUT2D eigenvalue weighted by atomic mass is 10.00. The number of anilines is 2. The molecule has 2 aromatic carbocycles. The lowest BCUT2D eigenvalue weighted by Gasteiger charge is -2.21. The van der Waals surface area contributed by atoms with E-state index >= 15 is 0 Å². The first kappa shape index (κ1) is 28.0. The molecule has 0 amide bonds. The number of aliphatic hydroxyl groups is 3. The Bertz CT molecular complexity index is 1450. The maximum atomic E-state index is 12.5. The molecule has 212 valence electrons. The van der Waals surface area contributed by atoms with Crippen LogP contribution in [0.4, 0.5) is 24.9 Å². The van der Waals surface area contributed by atoms with Crippen LogP contribution in [0.15, 0.2) is 48.5 Å². The van der Waals surface area contributed by atoms with Gasteiger partial charge in [0, 0.05) is 12.5 Å². The van der Waals surface area contributed by atoms with Crippen molar-refractivity contribution in [2.45, 2.75) is 57.5 Å². The Morgan fingerprint density at radius 3 is 2.42 bits per heavy atom.